The summed E-state index contributed by atoms with van der Waals surface area (Å²) in [6.07, 6.45) is 9.42. The normalized spacial score (nSPS) is 23.0. The summed E-state index contributed by atoms with van der Waals surface area (Å²) in [5.74, 6) is -0.231. The maximum absolute atomic E-state index is 13.3. The molecule has 170 valence electrons. The highest BCUT2D eigenvalue weighted by molar-refractivity contribution is 5.92. The first-order valence-corrected chi connectivity index (χ1v) is 11.7. The Labute approximate surface area is 188 Å². The molecule has 1 aromatic carbocycles. The molecule has 32 heavy (non-hydrogen) atoms. The van der Waals surface area contributed by atoms with Gasteiger partial charge in [0.05, 0.1) is 17.5 Å². The van der Waals surface area contributed by atoms with E-state index in [2.05, 4.69) is 14.9 Å². The Morgan fingerprint density at radius 1 is 1.12 bits per heavy atom. The highest BCUT2D eigenvalue weighted by atomic mass is 19.1. The number of likely N-dealkylation sites (tertiary alicyclic amines) is 1. The molecular weight excluding hydrogens is 407 g/mol. The van der Waals surface area contributed by atoms with Gasteiger partial charge >= 0.3 is 0 Å². The lowest BCUT2D eigenvalue weighted by atomic mass is 9.81. The van der Waals surface area contributed by atoms with Crippen molar-refractivity contribution < 1.29 is 13.9 Å². The fraction of sp³-hybridized carbons (Fsp3) is 0.560. The molecule has 0 radical (unpaired) electrons. The van der Waals surface area contributed by atoms with Crippen molar-refractivity contribution >= 4 is 5.91 Å². The first kappa shape index (κ1) is 21.5. The standard InChI is InChI=1S/C25H31FN4O2/c1-18-15-28-23(16-27-18)24(31)29-11-9-25(10-12-29)14-22(8-13-32-25)30(21-6-7-21)17-19-2-4-20(26)5-3-19/h2-5,15-16,21-22H,6-14,17H2,1H3. The minimum Gasteiger partial charge on any atom is -0.375 e. The van der Waals surface area contributed by atoms with Crippen molar-refractivity contribution in [2.24, 2.45) is 0 Å². The van der Waals surface area contributed by atoms with Crippen molar-refractivity contribution in [1.82, 2.24) is 19.8 Å². The highest BCUT2D eigenvalue weighted by Gasteiger charge is 2.45. The van der Waals surface area contributed by atoms with Crippen molar-refractivity contribution in [3.63, 3.8) is 0 Å². The summed E-state index contributed by atoms with van der Waals surface area (Å²) < 4.78 is 19.7. The quantitative estimate of drug-likeness (QED) is 0.712. The molecule has 0 N–H and O–H groups in total. The summed E-state index contributed by atoms with van der Waals surface area (Å²) in [5.41, 5.74) is 2.22. The number of nitrogens with zero attached hydrogens (tertiary/aromatic N) is 4. The lowest BCUT2D eigenvalue weighted by Gasteiger charge is -2.48. The van der Waals surface area contributed by atoms with E-state index in [0.29, 0.717) is 30.9 Å². The van der Waals surface area contributed by atoms with Crippen LogP contribution in [0.3, 0.4) is 0 Å². The smallest absolute Gasteiger partial charge is 0.274 e. The average Bonchev–Trinajstić information content (AvgIpc) is 3.65. The van der Waals surface area contributed by atoms with Crippen molar-refractivity contribution in [2.45, 2.75) is 69.7 Å². The van der Waals surface area contributed by atoms with Crippen molar-refractivity contribution in [2.75, 3.05) is 19.7 Å². The molecule has 6 nitrogen and oxygen atoms in total. The number of carbonyl (C=O) groups is 1. The SMILES string of the molecule is Cc1cnc(C(=O)N2CCC3(CC2)CC(N(Cc2ccc(F)cc2)C2CC2)CCO3)cn1. The first-order chi connectivity index (χ1) is 15.5. The maximum Gasteiger partial charge on any atom is 0.274 e. The molecule has 5 rings (SSSR count). The van der Waals surface area contributed by atoms with Gasteiger partial charge in [0.15, 0.2) is 0 Å². The molecular formula is C25H31FN4O2. The van der Waals surface area contributed by atoms with E-state index in [-0.39, 0.29) is 17.3 Å². The van der Waals surface area contributed by atoms with Crippen LogP contribution in [-0.2, 0) is 11.3 Å². The number of aryl methyl sites for hydroxylation is 1. The number of rotatable bonds is 5. The zero-order valence-corrected chi connectivity index (χ0v) is 18.7. The first-order valence-electron chi connectivity index (χ1n) is 11.7. The van der Waals surface area contributed by atoms with Crippen LogP contribution in [0.4, 0.5) is 4.39 Å². The number of hydrogen-bond donors (Lipinski definition) is 0. The van der Waals surface area contributed by atoms with E-state index >= 15 is 0 Å². The van der Waals surface area contributed by atoms with Crippen molar-refractivity contribution in [3.8, 4) is 0 Å². The zero-order chi connectivity index (χ0) is 22.1. The minimum atomic E-state index is -0.185. The number of aromatic nitrogens is 2. The summed E-state index contributed by atoms with van der Waals surface area (Å²) in [6, 6.07) is 8.00. The second-order valence-electron chi connectivity index (χ2n) is 9.54. The van der Waals surface area contributed by atoms with Crippen LogP contribution in [-0.4, -0.2) is 63.1 Å². The fourth-order valence-corrected chi connectivity index (χ4v) is 5.18. The van der Waals surface area contributed by atoms with E-state index in [4.69, 9.17) is 4.74 Å². The molecule has 7 heteroatoms. The molecule has 2 aromatic rings. The molecule has 1 spiro atoms. The minimum absolute atomic E-state index is 0.0457. The van der Waals surface area contributed by atoms with Gasteiger partial charge in [-0.3, -0.25) is 14.7 Å². The van der Waals surface area contributed by atoms with Gasteiger partial charge in [0, 0.05) is 44.5 Å². The molecule has 1 aromatic heterocycles. The molecule has 2 aliphatic heterocycles. The van der Waals surface area contributed by atoms with Gasteiger partial charge < -0.3 is 9.64 Å². The molecule has 1 saturated carbocycles. The molecule has 1 unspecified atom stereocenters. The summed E-state index contributed by atoms with van der Waals surface area (Å²) in [5, 5.41) is 0. The van der Waals surface area contributed by atoms with Crippen LogP contribution in [0, 0.1) is 12.7 Å². The van der Waals surface area contributed by atoms with Gasteiger partial charge in [-0.2, -0.15) is 0 Å². The monoisotopic (exact) mass is 438 g/mol. The highest BCUT2D eigenvalue weighted by Crippen LogP contribution is 2.40. The fourth-order valence-electron chi connectivity index (χ4n) is 5.18. The molecule has 1 aliphatic carbocycles. The summed E-state index contributed by atoms with van der Waals surface area (Å²) in [4.78, 5) is 25.8. The molecule has 0 bridgehead atoms. The van der Waals surface area contributed by atoms with Gasteiger partial charge in [0.2, 0.25) is 0 Å². The van der Waals surface area contributed by atoms with Crippen LogP contribution < -0.4 is 0 Å². The third kappa shape index (κ3) is 4.69. The lowest BCUT2D eigenvalue weighted by Crippen LogP contribution is -2.54. The molecule has 1 amide bonds. The van der Waals surface area contributed by atoms with Crippen LogP contribution in [0.15, 0.2) is 36.7 Å². The summed E-state index contributed by atoms with van der Waals surface area (Å²) in [7, 11) is 0. The van der Waals surface area contributed by atoms with Gasteiger partial charge in [-0.15, -0.1) is 0 Å². The van der Waals surface area contributed by atoms with Crippen LogP contribution in [0.5, 0.6) is 0 Å². The van der Waals surface area contributed by atoms with Crippen LogP contribution in [0.25, 0.3) is 0 Å². The number of hydrogen-bond acceptors (Lipinski definition) is 5. The Balaban J connectivity index is 1.23. The largest absolute Gasteiger partial charge is 0.375 e. The van der Waals surface area contributed by atoms with Gasteiger partial charge in [-0.25, -0.2) is 9.37 Å². The van der Waals surface area contributed by atoms with E-state index < -0.39 is 0 Å². The lowest BCUT2D eigenvalue weighted by molar-refractivity contribution is -0.131. The predicted octanol–water partition coefficient (Wildman–Crippen LogP) is 3.74. The molecule has 3 aliphatic rings. The number of ether oxygens (including phenoxy) is 1. The maximum atomic E-state index is 13.3. The number of halogens is 1. The third-order valence-electron chi connectivity index (χ3n) is 7.19. The number of benzene rings is 1. The van der Waals surface area contributed by atoms with Gasteiger partial charge in [-0.05, 0) is 63.1 Å². The van der Waals surface area contributed by atoms with E-state index in [1.54, 1.807) is 24.5 Å². The Morgan fingerprint density at radius 3 is 2.53 bits per heavy atom. The van der Waals surface area contributed by atoms with Crippen LogP contribution >= 0.6 is 0 Å². The molecule has 1 atom stereocenters. The van der Waals surface area contributed by atoms with Crippen LogP contribution in [0.1, 0.15) is 60.3 Å². The Kier molecular flexibility index (Phi) is 5.95. The van der Waals surface area contributed by atoms with Gasteiger partial charge in [0.1, 0.15) is 11.5 Å². The topological polar surface area (TPSA) is 58.6 Å². The molecule has 3 fully saturated rings. The number of piperidine rings is 1. The second kappa shape index (κ2) is 8.87. The third-order valence-corrected chi connectivity index (χ3v) is 7.19. The zero-order valence-electron chi connectivity index (χ0n) is 18.7. The Hall–Kier alpha value is -2.38. The molecule has 3 heterocycles. The predicted molar refractivity (Wildman–Crippen MR) is 119 cm³/mol. The van der Waals surface area contributed by atoms with Gasteiger partial charge in [-0.1, -0.05) is 12.1 Å². The summed E-state index contributed by atoms with van der Waals surface area (Å²) in [6.45, 7) is 4.85. The van der Waals surface area contributed by atoms with E-state index in [0.717, 1.165) is 44.5 Å². The van der Waals surface area contributed by atoms with E-state index in [1.807, 2.05) is 24.0 Å². The number of amides is 1. The Morgan fingerprint density at radius 2 is 1.88 bits per heavy atom. The van der Waals surface area contributed by atoms with Crippen molar-refractivity contribution in [1.29, 1.82) is 0 Å². The molecule has 2 saturated heterocycles. The van der Waals surface area contributed by atoms with E-state index in [9.17, 15) is 9.18 Å². The number of carbonyl (C=O) groups excluding carboxylic acids is 1. The van der Waals surface area contributed by atoms with E-state index in [1.165, 1.54) is 18.4 Å². The average molecular weight is 439 g/mol. The van der Waals surface area contributed by atoms with Crippen molar-refractivity contribution in [3.05, 3.63) is 59.4 Å². The van der Waals surface area contributed by atoms with Crippen LogP contribution in [0.2, 0.25) is 0 Å². The summed E-state index contributed by atoms with van der Waals surface area (Å²) >= 11 is 0. The van der Waals surface area contributed by atoms with Gasteiger partial charge in [0.25, 0.3) is 5.91 Å². The Bertz CT molecular complexity index is 937. The second-order valence-corrected chi connectivity index (χ2v) is 9.54.